The number of likely N-dealkylation sites (N-methyl/N-ethyl adjacent to an activating group) is 1. The van der Waals surface area contributed by atoms with E-state index in [-0.39, 0.29) is 12.0 Å². The summed E-state index contributed by atoms with van der Waals surface area (Å²) in [6.07, 6.45) is 0.509. The van der Waals surface area contributed by atoms with Crippen LogP contribution < -0.4 is 0 Å². The van der Waals surface area contributed by atoms with Crippen molar-refractivity contribution in [3.63, 3.8) is 0 Å². The first-order valence-corrected chi connectivity index (χ1v) is 6.91. The molecule has 0 radical (unpaired) electrons. The lowest BCUT2D eigenvalue weighted by atomic mass is 10.2. The van der Waals surface area contributed by atoms with Gasteiger partial charge in [-0.1, -0.05) is 30.3 Å². The van der Waals surface area contributed by atoms with Crippen LogP contribution in [-0.4, -0.2) is 53.1 Å². The molecule has 1 heterocycles. The smallest absolute Gasteiger partial charge is 0.237 e. The van der Waals surface area contributed by atoms with Crippen molar-refractivity contribution in [2.24, 2.45) is 0 Å². The summed E-state index contributed by atoms with van der Waals surface area (Å²) in [5.41, 5.74) is 1.15. The van der Waals surface area contributed by atoms with E-state index in [0.29, 0.717) is 26.2 Å². The minimum Gasteiger partial charge on any atom is -0.392 e. The summed E-state index contributed by atoms with van der Waals surface area (Å²) in [7, 11) is 0. The molecule has 0 bridgehead atoms. The third-order valence-electron chi connectivity index (χ3n) is 3.56. The number of hydrogen-bond acceptors (Lipinski definition) is 3. The maximum atomic E-state index is 12.2. The second kappa shape index (κ2) is 6.68. The predicted molar refractivity (Wildman–Crippen MR) is 74.6 cm³/mol. The van der Waals surface area contributed by atoms with Gasteiger partial charge in [-0.15, -0.1) is 0 Å². The van der Waals surface area contributed by atoms with Crippen LogP contribution in [-0.2, 0) is 11.3 Å². The molecule has 1 aromatic carbocycles. The molecule has 4 nitrogen and oxygen atoms in total. The van der Waals surface area contributed by atoms with Crippen LogP contribution in [0.15, 0.2) is 30.3 Å². The zero-order valence-corrected chi connectivity index (χ0v) is 11.5. The van der Waals surface area contributed by atoms with Crippen LogP contribution >= 0.6 is 0 Å². The van der Waals surface area contributed by atoms with E-state index in [9.17, 15) is 9.90 Å². The summed E-state index contributed by atoms with van der Waals surface area (Å²) >= 11 is 0. The van der Waals surface area contributed by atoms with Crippen LogP contribution in [0, 0.1) is 0 Å². The maximum absolute atomic E-state index is 12.2. The molecular weight excluding hydrogens is 240 g/mol. The molecular formula is C15H22N2O2. The Morgan fingerprint density at radius 2 is 2.16 bits per heavy atom. The minimum absolute atomic E-state index is 0.139. The van der Waals surface area contributed by atoms with Crippen molar-refractivity contribution in [1.82, 2.24) is 9.80 Å². The van der Waals surface area contributed by atoms with Gasteiger partial charge in [-0.2, -0.15) is 0 Å². The second-order valence-corrected chi connectivity index (χ2v) is 5.07. The third kappa shape index (κ3) is 4.04. The Kier molecular flexibility index (Phi) is 4.93. The topological polar surface area (TPSA) is 43.8 Å². The lowest BCUT2D eigenvalue weighted by Gasteiger charge is -2.24. The molecule has 19 heavy (non-hydrogen) atoms. The van der Waals surface area contributed by atoms with Crippen molar-refractivity contribution in [3.05, 3.63) is 35.9 Å². The number of hydrogen-bond donors (Lipinski definition) is 1. The van der Waals surface area contributed by atoms with Crippen molar-refractivity contribution in [1.29, 1.82) is 0 Å². The first-order chi connectivity index (χ1) is 9.19. The van der Waals surface area contributed by atoms with Gasteiger partial charge in [0.15, 0.2) is 0 Å². The zero-order valence-electron chi connectivity index (χ0n) is 11.5. The molecule has 2 rings (SSSR count). The largest absolute Gasteiger partial charge is 0.392 e. The number of likely N-dealkylation sites (tertiary alicyclic amines) is 1. The number of nitrogens with zero attached hydrogens (tertiary/aromatic N) is 2. The molecule has 1 fully saturated rings. The van der Waals surface area contributed by atoms with Crippen LogP contribution in [0.2, 0.25) is 0 Å². The maximum Gasteiger partial charge on any atom is 0.237 e. The molecule has 4 heteroatoms. The average Bonchev–Trinajstić information content (AvgIpc) is 2.82. The van der Waals surface area contributed by atoms with Crippen LogP contribution in [0.3, 0.4) is 0 Å². The standard InChI is InChI=1S/C15H22N2O2/c1-2-17(10-13-6-4-3-5-7-13)15(19)12-16-9-8-14(18)11-16/h3-7,14,18H,2,8-12H2,1H3/t14-/m0/s1. The average molecular weight is 262 g/mol. The molecule has 1 atom stereocenters. The van der Waals surface area contributed by atoms with Gasteiger partial charge >= 0.3 is 0 Å². The Balaban J connectivity index is 1.88. The second-order valence-electron chi connectivity index (χ2n) is 5.07. The predicted octanol–water partition coefficient (Wildman–Crippen LogP) is 1.10. The lowest BCUT2D eigenvalue weighted by molar-refractivity contribution is -0.132. The highest BCUT2D eigenvalue weighted by Crippen LogP contribution is 2.10. The molecule has 0 aliphatic carbocycles. The lowest BCUT2D eigenvalue weighted by Crippen LogP contribution is -2.39. The van der Waals surface area contributed by atoms with Crippen LogP contribution in [0.4, 0.5) is 0 Å². The molecule has 1 N–H and O–H groups in total. The Hall–Kier alpha value is -1.39. The molecule has 104 valence electrons. The number of benzene rings is 1. The van der Waals surface area contributed by atoms with E-state index in [1.54, 1.807) is 0 Å². The van der Waals surface area contributed by atoms with Gasteiger partial charge in [0.2, 0.25) is 5.91 Å². The van der Waals surface area contributed by atoms with E-state index in [2.05, 4.69) is 0 Å². The summed E-state index contributed by atoms with van der Waals surface area (Å²) in [6.45, 7) is 5.22. The Morgan fingerprint density at radius 1 is 1.42 bits per heavy atom. The zero-order chi connectivity index (χ0) is 13.7. The van der Waals surface area contributed by atoms with Crippen LogP contribution in [0.5, 0.6) is 0 Å². The van der Waals surface area contributed by atoms with E-state index < -0.39 is 0 Å². The fourth-order valence-corrected chi connectivity index (χ4v) is 2.43. The van der Waals surface area contributed by atoms with Crippen molar-refractivity contribution < 1.29 is 9.90 Å². The van der Waals surface area contributed by atoms with E-state index in [1.807, 2.05) is 47.1 Å². The molecule has 0 unspecified atom stereocenters. The Bertz CT molecular complexity index is 408. The first kappa shape index (κ1) is 14.0. The monoisotopic (exact) mass is 262 g/mol. The Labute approximate surface area is 114 Å². The molecule has 1 aliphatic heterocycles. The fraction of sp³-hybridized carbons (Fsp3) is 0.533. The molecule has 1 aromatic rings. The molecule has 1 saturated heterocycles. The summed E-state index contributed by atoms with van der Waals surface area (Å²) in [4.78, 5) is 16.1. The fourth-order valence-electron chi connectivity index (χ4n) is 2.43. The van der Waals surface area contributed by atoms with Crippen LogP contribution in [0.25, 0.3) is 0 Å². The SMILES string of the molecule is CCN(Cc1ccccc1)C(=O)CN1CC[C@H](O)C1. The van der Waals surface area contributed by atoms with Gasteiger partial charge in [-0.05, 0) is 18.9 Å². The number of carbonyl (C=O) groups excluding carboxylic acids is 1. The highest BCUT2D eigenvalue weighted by atomic mass is 16.3. The number of rotatable bonds is 5. The van der Waals surface area contributed by atoms with Gasteiger partial charge in [-0.3, -0.25) is 9.69 Å². The molecule has 0 aromatic heterocycles. The molecule has 0 spiro atoms. The summed E-state index contributed by atoms with van der Waals surface area (Å²) < 4.78 is 0. The highest BCUT2D eigenvalue weighted by molar-refractivity contribution is 5.78. The van der Waals surface area contributed by atoms with E-state index in [4.69, 9.17) is 0 Å². The highest BCUT2D eigenvalue weighted by Gasteiger charge is 2.23. The van der Waals surface area contributed by atoms with Gasteiger partial charge in [0.1, 0.15) is 0 Å². The Morgan fingerprint density at radius 3 is 2.74 bits per heavy atom. The van der Waals surface area contributed by atoms with Crippen LogP contribution in [0.1, 0.15) is 18.9 Å². The van der Waals surface area contributed by atoms with E-state index >= 15 is 0 Å². The van der Waals surface area contributed by atoms with E-state index in [1.165, 1.54) is 0 Å². The minimum atomic E-state index is -0.267. The van der Waals surface area contributed by atoms with Crippen molar-refractivity contribution in [2.75, 3.05) is 26.2 Å². The van der Waals surface area contributed by atoms with Gasteiger partial charge in [0.25, 0.3) is 0 Å². The van der Waals surface area contributed by atoms with Gasteiger partial charge < -0.3 is 10.0 Å². The number of aliphatic hydroxyl groups is 1. The van der Waals surface area contributed by atoms with Gasteiger partial charge in [0.05, 0.1) is 12.6 Å². The third-order valence-corrected chi connectivity index (χ3v) is 3.56. The number of carbonyl (C=O) groups is 1. The summed E-state index contributed by atoms with van der Waals surface area (Å²) in [5, 5.41) is 9.48. The summed E-state index contributed by atoms with van der Waals surface area (Å²) in [6, 6.07) is 10.0. The quantitative estimate of drug-likeness (QED) is 0.864. The number of amides is 1. The number of aliphatic hydroxyl groups excluding tert-OH is 1. The summed E-state index contributed by atoms with van der Waals surface area (Å²) in [5.74, 6) is 0.139. The first-order valence-electron chi connectivity index (χ1n) is 6.91. The molecule has 1 amide bonds. The molecule has 1 aliphatic rings. The number of β-amino-alcohol motifs (C(OH)–C–C–N with tert-alkyl or cyclic N) is 1. The van der Waals surface area contributed by atoms with Gasteiger partial charge in [-0.25, -0.2) is 0 Å². The van der Waals surface area contributed by atoms with Crippen molar-refractivity contribution >= 4 is 5.91 Å². The normalized spacial score (nSPS) is 19.6. The van der Waals surface area contributed by atoms with E-state index in [0.717, 1.165) is 18.5 Å². The van der Waals surface area contributed by atoms with Gasteiger partial charge in [0, 0.05) is 26.2 Å². The van der Waals surface area contributed by atoms with Crippen molar-refractivity contribution in [2.45, 2.75) is 26.0 Å². The molecule has 0 saturated carbocycles. The van der Waals surface area contributed by atoms with Crippen molar-refractivity contribution in [3.8, 4) is 0 Å².